The van der Waals surface area contributed by atoms with Crippen LogP contribution >= 0.6 is 0 Å². The van der Waals surface area contributed by atoms with E-state index in [0.29, 0.717) is 38.2 Å². The van der Waals surface area contributed by atoms with Crippen LogP contribution in [0.5, 0.6) is 0 Å². The summed E-state index contributed by atoms with van der Waals surface area (Å²) in [6.45, 7) is 7.93. The summed E-state index contributed by atoms with van der Waals surface area (Å²) in [4.78, 5) is 22.2. The zero-order chi connectivity index (χ0) is 13.1. The van der Waals surface area contributed by atoms with Crippen LogP contribution in [0.25, 0.3) is 0 Å². The van der Waals surface area contributed by atoms with Crippen molar-refractivity contribution in [2.75, 3.05) is 6.61 Å². The van der Waals surface area contributed by atoms with Crippen LogP contribution < -0.4 is 0 Å². The molecule has 4 heteroatoms. The smallest absolute Gasteiger partial charge is 0.310 e. The third-order valence-electron chi connectivity index (χ3n) is 2.18. The van der Waals surface area contributed by atoms with E-state index in [1.165, 1.54) is 0 Å². The second kappa shape index (κ2) is 9.87. The molecule has 0 aromatic heterocycles. The first-order valence-electron chi connectivity index (χ1n) is 6.02. The first kappa shape index (κ1) is 15.7. The molecular weight excluding hydrogens is 220 g/mol. The van der Waals surface area contributed by atoms with Crippen molar-refractivity contribution < 1.29 is 19.1 Å². The summed E-state index contributed by atoms with van der Waals surface area (Å²) < 4.78 is 9.59. The Balaban J connectivity index is 3.39. The molecule has 0 aliphatic heterocycles. The van der Waals surface area contributed by atoms with E-state index in [9.17, 15) is 9.59 Å². The van der Waals surface area contributed by atoms with Gasteiger partial charge in [-0.2, -0.15) is 0 Å². The maximum absolute atomic E-state index is 11.2. The van der Waals surface area contributed by atoms with E-state index in [2.05, 4.69) is 25.2 Å². The van der Waals surface area contributed by atoms with Crippen LogP contribution in [-0.4, -0.2) is 18.5 Å². The second-order valence-corrected chi connectivity index (χ2v) is 4.27. The van der Waals surface area contributed by atoms with E-state index in [0.717, 1.165) is 12.7 Å². The number of esters is 2. The quantitative estimate of drug-likeness (QED) is 0.354. The molecule has 0 fully saturated rings. The van der Waals surface area contributed by atoms with E-state index in [-0.39, 0.29) is 11.9 Å². The molecule has 4 nitrogen and oxygen atoms in total. The van der Waals surface area contributed by atoms with E-state index in [4.69, 9.17) is 4.74 Å². The lowest BCUT2D eigenvalue weighted by Crippen LogP contribution is -2.07. The molecule has 98 valence electrons. The molecule has 0 aromatic rings. The average Bonchev–Trinajstić information content (AvgIpc) is 2.24. The molecule has 0 unspecified atom stereocenters. The molecule has 0 saturated heterocycles. The zero-order valence-electron chi connectivity index (χ0n) is 10.7. The lowest BCUT2D eigenvalue weighted by molar-refractivity contribution is -0.144. The Labute approximate surface area is 103 Å². The SMILES string of the molecule is C=COC(=O)CCCCC(=O)OCCC(C)C. The predicted octanol–water partition coefficient (Wildman–Crippen LogP) is 2.82. The maximum Gasteiger partial charge on any atom is 0.310 e. The van der Waals surface area contributed by atoms with Crippen LogP contribution in [0.4, 0.5) is 0 Å². The summed E-state index contributed by atoms with van der Waals surface area (Å²) in [7, 11) is 0. The van der Waals surface area contributed by atoms with Gasteiger partial charge < -0.3 is 9.47 Å². The van der Waals surface area contributed by atoms with Gasteiger partial charge in [-0.15, -0.1) is 0 Å². The van der Waals surface area contributed by atoms with Gasteiger partial charge in [0.1, 0.15) is 0 Å². The number of hydrogen-bond donors (Lipinski definition) is 0. The molecule has 0 bridgehead atoms. The van der Waals surface area contributed by atoms with Crippen molar-refractivity contribution in [3.05, 3.63) is 12.8 Å². The van der Waals surface area contributed by atoms with Gasteiger partial charge in [-0.05, 0) is 25.2 Å². The van der Waals surface area contributed by atoms with Gasteiger partial charge in [-0.3, -0.25) is 9.59 Å². The number of rotatable bonds is 9. The van der Waals surface area contributed by atoms with Crippen molar-refractivity contribution in [1.82, 2.24) is 0 Å². The van der Waals surface area contributed by atoms with Crippen molar-refractivity contribution >= 4 is 11.9 Å². The molecule has 0 heterocycles. The third kappa shape index (κ3) is 11.0. The summed E-state index contributed by atoms with van der Waals surface area (Å²) in [5, 5.41) is 0. The molecule has 0 saturated carbocycles. The van der Waals surface area contributed by atoms with Gasteiger partial charge in [0, 0.05) is 12.8 Å². The Morgan fingerprint density at radius 1 is 1.18 bits per heavy atom. The molecule has 0 rings (SSSR count). The lowest BCUT2D eigenvalue weighted by Gasteiger charge is -2.06. The van der Waals surface area contributed by atoms with Crippen LogP contribution in [-0.2, 0) is 19.1 Å². The van der Waals surface area contributed by atoms with Gasteiger partial charge in [-0.25, -0.2) is 0 Å². The minimum Gasteiger partial charge on any atom is -0.466 e. The van der Waals surface area contributed by atoms with Gasteiger partial charge in [0.25, 0.3) is 0 Å². The van der Waals surface area contributed by atoms with Crippen LogP contribution in [0.3, 0.4) is 0 Å². The second-order valence-electron chi connectivity index (χ2n) is 4.27. The third-order valence-corrected chi connectivity index (χ3v) is 2.18. The monoisotopic (exact) mass is 242 g/mol. The molecule has 0 spiro atoms. The Bertz CT molecular complexity index is 246. The van der Waals surface area contributed by atoms with Gasteiger partial charge >= 0.3 is 11.9 Å². The first-order valence-corrected chi connectivity index (χ1v) is 6.02. The molecule has 0 aromatic carbocycles. The van der Waals surface area contributed by atoms with Crippen LogP contribution in [0.2, 0.25) is 0 Å². The molecular formula is C13H22O4. The average molecular weight is 242 g/mol. The minimum absolute atomic E-state index is 0.192. The summed E-state index contributed by atoms with van der Waals surface area (Å²) in [5.74, 6) is 0.0346. The standard InChI is InChI=1S/C13H22O4/c1-4-16-12(14)7-5-6-8-13(15)17-10-9-11(2)3/h4,11H,1,5-10H2,2-3H3. The molecule has 0 radical (unpaired) electrons. The molecule has 0 aliphatic rings. The van der Waals surface area contributed by atoms with Crippen LogP contribution in [0.1, 0.15) is 46.0 Å². The molecule has 0 aliphatic carbocycles. The Morgan fingerprint density at radius 3 is 2.29 bits per heavy atom. The van der Waals surface area contributed by atoms with Gasteiger partial charge in [-0.1, -0.05) is 20.4 Å². The van der Waals surface area contributed by atoms with Crippen LogP contribution in [0.15, 0.2) is 12.8 Å². The normalized spacial score (nSPS) is 10.1. The largest absolute Gasteiger partial charge is 0.466 e. The van der Waals surface area contributed by atoms with E-state index >= 15 is 0 Å². The fourth-order valence-corrected chi connectivity index (χ4v) is 1.17. The summed E-state index contributed by atoms with van der Waals surface area (Å²) in [6.07, 6.45) is 3.95. The van der Waals surface area contributed by atoms with Crippen molar-refractivity contribution in [3.63, 3.8) is 0 Å². The highest BCUT2D eigenvalue weighted by Gasteiger charge is 2.05. The highest BCUT2D eigenvalue weighted by molar-refractivity contribution is 5.70. The summed E-state index contributed by atoms with van der Waals surface area (Å²) >= 11 is 0. The fourth-order valence-electron chi connectivity index (χ4n) is 1.17. The predicted molar refractivity (Wildman–Crippen MR) is 65.2 cm³/mol. The summed E-state index contributed by atoms with van der Waals surface area (Å²) in [5.41, 5.74) is 0. The maximum atomic E-state index is 11.2. The number of carbonyl (C=O) groups excluding carboxylic acids is 2. The Kier molecular flexibility index (Phi) is 9.11. The number of ether oxygens (including phenoxy) is 2. The van der Waals surface area contributed by atoms with Gasteiger partial charge in [0.05, 0.1) is 12.9 Å². The molecule has 0 amide bonds. The lowest BCUT2D eigenvalue weighted by atomic mass is 10.1. The van der Waals surface area contributed by atoms with Crippen molar-refractivity contribution in [3.8, 4) is 0 Å². The molecule has 0 N–H and O–H groups in total. The van der Waals surface area contributed by atoms with E-state index in [1.54, 1.807) is 0 Å². The minimum atomic E-state index is -0.312. The van der Waals surface area contributed by atoms with E-state index < -0.39 is 0 Å². The van der Waals surface area contributed by atoms with Crippen molar-refractivity contribution in [2.24, 2.45) is 5.92 Å². The molecule has 0 atom stereocenters. The van der Waals surface area contributed by atoms with Gasteiger partial charge in [0.15, 0.2) is 0 Å². The topological polar surface area (TPSA) is 52.6 Å². The number of hydrogen-bond acceptors (Lipinski definition) is 4. The first-order chi connectivity index (χ1) is 8.06. The molecule has 17 heavy (non-hydrogen) atoms. The number of carbonyl (C=O) groups is 2. The van der Waals surface area contributed by atoms with E-state index in [1.807, 2.05) is 0 Å². The Morgan fingerprint density at radius 2 is 1.76 bits per heavy atom. The Hall–Kier alpha value is -1.32. The highest BCUT2D eigenvalue weighted by Crippen LogP contribution is 2.04. The van der Waals surface area contributed by atoms with Crippen LogP contribution in [0, 0.1) is 5.92 Å². The van der Waals surface area contributed by atoms with Gasteiger partial charge in [0.2, 0.25) is 0 Å². The van der Waals surface area contributed by atoms with Crippen molar-refractivity contribution in [2.45, 2.75) is 46.0 Å². The van der Waals surface area contributed by atoms with Crippen molar-refractivity contribution in [1.29, 1.82) is 0 Å². The summed E-state index contributed by atoms with van der Waals surface area (Å²) in [6, 6.07) is 0. The fraction of sp³-hybridized carbons (Fsp3) is 0.692. The number of unbranched alkanes of at least 4 members (excludes halogenated alkanes) is 1. The highest BCUT2D eigenvalue weighted by atomic mass is 16.5. The zero-order valence-corrected chi connectivity index (χ0v) is 10.7.